The van der Waals surface area contributed by atoms with Gasteiger partial charge in [0.25, 0.3) is 5.91 Å². The largest absolute Gasteiger partial charge is 0.320 e. The predicted molar refractivity (Wildman–Crippen MR) is 89.5 cm³/mol. The van der Waals surface area contributed by atoms with E-state index in [-0.39, 0.29) is 5.91 Å². The van der Waals surface area contributed by atoms with E-state index >= 15 is 0 Å². The van der Waals surface area contributed by atoms with Crippen LogP contribution in [-0.4, -0.2) is 35.0 Å². The molecule has 1 aliphatic heterocycles. The number of carbonyl (C=O) groups is 1. The number of anilines is 1. The van der Waals surface area contributed by atoms with Gasteiger partial charge in [-0.15, -0.1) is 11.8 Å². The van der Waals surface area contributed by atoms with Gasteiger partial charge in [0.15, 0.2) is 5.69 Å². The third kappa shape index (κ3) is 3.34. The van der Waals surface area contributed by atoms with E-state index in [0.717, 1.165) is 36.5 Å². The average molecular weight is 316 g/mol. The Kier molecular flexibility index (Phi) is 4.80. The van der Waals surface area contributed by atoms with Crippen molar-refractivity contribution >= 4 is 23.4 Å². The van der Waals surface area contributed by atoms with Gasteiger partial charge in [0, 0.05) is 17.6 Å². The van der Waals surface area contributed by atoms with E-state index in [1.165, 1.54) is 0 Å². The van der Waals surface area contributed by atoms with Crippen LogP contribution in [0.4, 0.5) is 5.69 Å². The molecule has 0 saturated carbocycles. The summed E-state index contributed by atoms with van der Waals surface area (Å²) in [6.07, 6.45) is 6.14. The molecule has 3 rings (SSSR count). The molecule has 0 spiro atoms. The van der Waals surface area contributed by atoms with Gasteiger partial charge in [0.1, 0.15) is 0 Å². The highest BCUT2D eigenvalue weighted by atomic mass is 32.2. The Morgan fingerprint density at radius 3 is 3.05 bits per heavy atom. The normalized spacial score (nSPS) is 18.1. The minimum Gasteiger partial charge on any atom is -0.320 e. The van der Waals surface area contributed by atoms with Crippen molar-refractivity contribution in [1.82, 2.24) is 15.1 Å². The van der Waals surface area contributed by atoms with Crippen LogP contribution in [0.2, 0.25) is 0 Å². The maximum atomic E-state index is 12.4. The van der Waals surface area contributed by atoms with Crippen molar-refractivity contribution in [3.63, 3.8) is 0 Å². The predicted octanol–water partition coefficient (Wildman–Crippen LogP) is 2.78. The first kappa shape index (κ1) is 15.1. The number of hydrogen-bond donors (Lipinski definition) is 2. The zero-order valence-electron chi connectivity index (χ0n) is 12.6. The van der Waals surface area contributed by atoms with Gasteiger partial charge in [-0.05, 0) is 43.8 Å². The highest BCUT2D eigenvalue weighted by Crippen LogP contribution is 2.25. The smallest absolute Gasteiger partial charge is 0.276 e. The van der Waals surface area contributed by atoms with Crippen molar-refractivity contribution in [3.8, 4) is 0 Å². The second kappa shape index (κ2) is 6.98. The lowest BCUT2D eigenvalue weighted by Crippen LogP contribution is -2.32. The zero-order chi connectivity index (χ0) is 15.4. The standard InChI is InChI=1S/C16H20N4OS/c1-22-15-7-3-2-6-13(15)18-16(21)14-8-10-20(19-14)12-5-4-9-17-11-12/h2-3,6-8,10,12,17H,4-5,9,11H2,1H3,(H,18,21). The molecule has 1 amide bonds. The van der Waals surface area contributed by atoms with E-state index < -0.39 is 0 Å². The number of thioether (sulfide) groups is 1. The van der Waals surface area contributed by atoms with Gasteiger partial charge >= 0.3 is 0 Å². The number of rotatable bonds is 4. The molecule has 1 atom stereocenters. The van der Waals surface area contributed by atoms with Crippen molar-refractivity contribution in [1.29, 1.82) is 0 Å². The Hall–Kier alpha value is -1.79. The molecule has 1 unspecified atom stereocenters. The number of piperidine rings is 1. The Bertz CT molecular complexity index is 649. The lowest BCUT2D eigenvalue weighted by Gasteiger charge is -2.22. The minimum atomic E-state index is -0.163. The van der Waals surface area contributed by atoms with E-state index in [1.807, 2.05) is 41.4 Å². The van der Waals surface area contributed by atoms with E-state index in [1.54, 1.807) is 17.8 Å². The van der Waals surface area contributed by atoms with Gasteiger partial charge in [-0.1, -0.05) is 12.1 Å². The zero-order valence-corrected chi connectivity index (χ0v) is 13.4. The minimum absolute atomic E-state index is 0.163. The maximum absolute atomic E-state index is 12.4. The number of aromatic nitrogens is 2. The molecule has 116 valence electrons. The van der Waals surface area contributed by atoms with Gasteiger partial charge in [-0.2, -0.15) is 5.10 Å². The fraction of sp³-hybridized carbons (Fsp3) is 0.375. The molecule has 6 heteroatoms. The van der Waals surface area contributed by atoms with Crippen molar-refractivity contribution in [2.75, 3.05) is 24.7 Å². The SMILES string of the molecule is CSc1ccccc1NC(=O)c1ccn(C2CCCNC2)n1. The van der Waals surface area contributed by atoms with E-state index in [0.29, 0.717) is 11.7 Å². The molecule has 0 aliphatic carbocycles. The van der Waals surface area contributed by atoms with Crippen LogP contribution in [0.15, 0.2) is 41.4 Å². The highest BCUT2D eigenvalue weighted by Gasteiger charge is 2.18. The summed E-state index contributed by atoms with van der Waals surface area (Å²) in [6, 6.07) is 9.91. The lowest BCUT2D eigenvalue weighted by atomic mass is 10.1. The molecule has 1 saturated heterocycles. The Morgan fingerprint density at radius 2 is 2.27 bits per heavy atom. The summed E-state index contributed by atoms with van der Waals surface area (Å²) in [6.45, 7) is 1.98. The number of benzene rings is 1. The third-order valence-corrected chi connectivity index (χ3v) is 4.64. The molecular formula is C16H20N4OS. The second-order valence-electron chi connectivity index (χ2n) is 5.34. The van der Waals surface area contributed by atoms with Gasteiger partial charge in [-0.25, -0.2) is 0 Å². The van der Waals surface area contributed by atoms with Gasteiger partial charge in [0.05, 0.1) is 11.7 Å². The highest BCUT2D eigenvalue weighted by molar-refractivity contribution is 7.98. The summed E-state index contributed by atoms with van der Waals surface area (Å²) in [5.41, 5.74) is 1.29. The van der Waals surface area contributed by atoms with Crippen molar-refractivity contribution in [2.24, 2.45) is 0 Å². The van der Waals surface area contributed by atoms with Crippen LogP contribution in [0.5, 0.6) is 0 Å². The first-order chi connectivity index (χ1) is 10.8. The van der Waals surface area contributed by atoms with Gasteiger partial charge in [0.2, 0.25) is 0 Å². The number of para-hydroxylation sites is 1. The van der Waals surface area contributed by atoms with Crippen molar-refractivity contribution < 1.29 is 4.79 Å². The first-order valence-electron chi connectivity index (χ1n) is 7.48. The van der Waals surface area contributed by atoms with Crippen LogP contribution >= 0.6 is 11.8 Å². The molecule has 2 N–H and O–H groups in total. The first-order valence-corrected chi connectivity index (χ1v) is 8.70. The summed E-state index contributed by atoms with van der Waals surface area (Å²) in [5.74, 6) is -0.163. The molecule has 1 fully saturated rings. The molecule has 5 nitrogen and oxygen atoms in total. The number of nitrogens with one attached hydrogen (secondary N) is 2. The molecular weight excluding hydrogens is 296 g/mol. The van der Waals surface area contributed by atoms with E-state index in [4.69, 9.17) is 0 Å². The average Bonchev–Trinajstić information content (AvgIpc) is 3.06. The summed E-state index contributed by atoms with van der Waals surface area (Å²) in [5, 5.41) is 10.7. The summed E-state index contributed by atoms with van der Waals surface area (Å²) >= 11 is 1.61. The quantitative estimate of drug-likeness (QED) is 0.852. The molecule has 1 aromatic carbocycles. The van der Waals surface area contributed by atoms with Crippen molar-refractivity contribution in [2.45, 2.75) is 23.8 Å². The van der Waals surface area contributed by atoms with E-state index in [9.17, 15) is 4.79 Å². The molecule has 0 radical (unpaired) electrons. The van der Waals surface area contributed by atoms with Crippen molar-refractivity contribution in [3.05, 3.63) is 42.2 Å². The Balaban J connectivity index is 1.71. The van der Waals surface area contributed by atoms with Crippen LogP contribution in [0.1, 0.15) is 29.4 Å². The number of carbonyl (C=O) groups excluding carboxylic acids is 1. The molecule has 2 heterocycles. The summed E-state index contributed by atoms with van der Waals surface area (Å²) < 4.78 is 1.90. The third-order valence-electron chi connectivity index (χ3n) is 3.84. The Morgan fingerprint density at radius 1 is 1.41 bits per heavy atom. The van der Waals surface area contributed by atoms with Crippen LogP contribution in [0, 0.1) is 0 Å². The summed E-state index contributed by atoms with van der Waals surface area (Å²) in [7, 11) is 0. The van der Waals surface area contributed by atoms with Crippen LogP contribution < -0.4 is 10.6 Å². The maximum Gasteiger partial charge on any atom is 0.276 e. The molecule has 22 heavy (non-hydrogen) atoms. The van der Waals surface area contributed by atoms with Gasteiger partial charge in [-0.3, -0.25) is 9.48 Å². The number of nitrogens with zero attached hydrogens (tertiary/aromatic N) is 2. The van der Waals surface area contributed by atoms with E-state index in [2.05, 4.69) is 15.7 Å². The summed E-state index contributed by atoms with van der Waals surface area (Å²) in [4.78, 5) is 13.4. The molecule has 1 aromatic heterocycles. The lowest BCUT2D eigenvalue weighted by molar-refractivity contribution is 0.102. The molecule has 0 bridgehead atoms. The topological polar surface area (TPSA) is 59.0 Å². The fourth-order valence-electron chi connectivity index (χ4n) is 2.66. The van der Waals surface area contributed by atoms with Crippen LogP contribution in [0.3, 0.4) is 0 Å². The molecule has 1 aliphatic rings. The van der Waals surface area contributed by atoms with Gasteiger partial charge < -0.3 is 10.6 Å². The van der Waals surface area contributed by atoms with Crippen LogP contribution in [-0.2, 0) is 0 Å². The number of hydrogen-bond acceptors (Lipinski definition) is 4. The molecule has 2 aromatic rings. The fourth-order valence-corrected chi connectivity index (χ4v) is 3.21. The Labute approximate surface area is 134 Å². The number of amides is 1. The van der Waals surface area contributed by atoms with Crippen LogP contribution in [0.25, 0.3) is 0 Å². The second-order valence-corrected chi connectivity index (χ2v) is 6.18. The monoisotopic (exact) mass is 316 g/mol.